The number of hydrogen-bond donors (Lipinski definition) is 1. The Morgan fingerprint density at radius 1 is 1.16 bits per heavy atom. The molecule has 0 bridgehead atoms. The summed E-state index contributed by atoms with van der Waals surface area (Å²) in [7, 11) is 1.61. The highest BCUT2D eigenvalue weighted by atomic mass is 32.2. The standard InChI is InChI=1S/C19H20FNO3S/c1-13(22)15-5-8-18(17(20)11-15)25-12-19(23)21-10-9-14-3-6-16(24-2)7-4-14/h3-8,11H,9-10,12H2,1-2H3,(H,21,23). The normalized spacial score (nSPS) is 10.4. The van der Waals surface area contributed by atoms with E-state index in [9.17, 15) is 14.0 Å². The largest absolute Gasteiger partial charge is 0.497 e. The fourth-order valence-corrected chi connectivity index (χ4v) is 2.92. The predicted molar refractivity (Wildman–Crippen MR) is 96.8 cm³/mol. The molecule has 1 amide bonds. The van der Waals surface area contributed by atoms with Crippen LogP contribution in [0.2, 0.25) is 0 Å². The van der Waals surface area contributed by atoms with Crippen molar-refractivity contribution in [2.45, 2.75) is 18.2 Å². The Morgan fingerprint density at radius 3 is 2.48 bits per heavy atom. The third-order valence-corrected chi connectivity index (χ3v) is 4.64. The van der Waals surface area contributed by atoms with Gasteiger partial charge in [0.05, 0.1) is 12.9 Å². The summed E-state index contributed by atoms with van der Waals surface area (Å²) >= 11 is 1.11. The van der Waals surface area contributed by atoms with Crippen molar-refractivity contribution in [2.75, 3.05) is 19.4 Å². The van der Waals surface area contributed by atoms with Crippen molar-refractivity contribution in [1.29, 1.82) is 0 Å². The first-order chi connectivity index (χ1) is 12.0. The number of rotatable bonds is 8. The second-order valence-corrected chi connectivity index (χ2v) is 6.46. The second kappa shape index (κ2) is 9.22. The average Bonchev–Trinajstić information content (AvgIpc) is 2.61. The van der Waals surface area contributed by atoms with E-state index in [-0.39, 0.29) is 17.4 Å². The van der Waals surface area contributed by atoms with E-state index in [1.165, 1.54) is 19.1 Å². The molecule has 1 N–H and O–H groups in total. The Hall–Kier alpha value is -2.34. The highest BCUT2D eigenvalue weighted by molar-refractivity contribution is 8.00. The molecule has 25 heavy (non-hydrogen) atoms. The number of carbonyl (C=O) groups excluding carboxylic acids is 2. The van der Waals surface area contributed by atoms with Gasteiger partial charge >= 0.3 is 0 Å². The zero-order valence-electron chi connectivity index (χ0n) is 14.2. The molecule has 0 aliphatic rings. The van der Waals surface area contributed by atoms with Crippen LogP contribution in [-0.2, 0) is 11.2 Å². The van der Waals surface area contributed by atoms with E-state index >= 15 is 0 Å². The van der Waals surface area contributed by atoms with E-state index < -0.39 is 5.82 Å². The second-order valence-electron chi connectivity index (χ2n) is 5.44. The van der Waals surface area contributed by atoms with E-state index in [0.717, 1.165) is 23.1 Å². The van der Waals surface area contributed by atoms with Crippen LogP contribution in [0.25, 0.3) is 0 Å². The molecule has 0 saturated carbocycles. The minimum atomic E-state index is -0.483. The number of thioether (sulfide) groups is 1. The summed E-state index contributed by atoms with van der Waals surface area (Å²) in [6.45, 7) is 1.90. The first-order valence-electron chi connectivity index (χ1n) is 7.82. The molecule has 0 spiro atoms. The molecule has 6 heteroatoms. The van der Waals surface area contributed by atoms with Crippen LogP contribution in [0.3, 0.4) is 0 Å². The van der Waals surface area contributed by atoms with Crippen LogP contribution < -0.4 is 10.1 Å². The Labute approximate surface area is 150 Å². The van der Waals surface area contributed by atoms with Crippen LogP contribution in [-0.4, -0.2) is 31.1 Å². The SMILES string of the molecule is COc1ccc(CCNC(=O)CSc2ccc(C(C)=O)cc2F)cc1. The number of hydrogen-bond acceptors (Lipinski definition) is 4. The first-order valence-corrected chi connectivity index (χ1v) is 8.81. The molecule has 0 fully saturated rings. The predicted octanol–water partition coefficient (Wildman–Crippen LogP) is 3.49. The maximum Gasteiger partial charge on any atom is 0.230 e. The monoisotopic (exact) mass is 361 g/mol. The van der Waals surface area contributed by atoms with E-state index in [0.29, 0.717) is 23.4 Å². The van der Waals surface area contributed by atoms with Crippen molar-refractivity contribution in [3.63, 3.8) is 0 Å². The number of ketones is 1. The van der Waals surface area contributed by atoms with Gasteiger partial charge in [0.25, 0.3) is 0 Å². The van der Waals surface area contributed by atoms with E-state index in [1.54, 1.807) is 13.2 Å². The summed E-state index contributed by atoms with van der Waals surface area (Å²) in [5.41, 5.74) is 1.42. The summed E-state index contributed by atoms with van der Waals surface area (Å²) in [5, 5.41) is 2.81. The molecule has 4 nitrogen and oxygen atoms in total. The maximum atomic E-state index is 13.9. The van der Waals surface area contributed by atoms with Crippen LogP contribution in [0.15, 0.2) is 47.4 Å². The van der Waals surface area contributed by atoms with Gasteiger partial charge in [-0.05, 0) is 43.2 Å². The Balaban J connectivity index is 1.76. The lowest BCUT2D eigenvalue weighted by molar-refractivity contribution is -0.118. The molecule has 0 aliphatic heterocycles. The molecular formula is C19H20FNO3S. The van der Waals surface area contributed by atoms with Gasteiger partial charge in [0.2, 0.25) is 5.91 Å². The molecule has 0 aliphatic carbocycles. The number of benzene rings is 2. The third kappa shape index (κ3) is 5.90. The number of carbonyl (C=O) groups is 2. The topological polar surface area (TPSA) is 55.4 Å². The molecular weight excluding hydrogens is 341 g/mol. The first kappa shape index (κ1) is 19.0. The minimum absolute atomic E-state index is 0.124. The number of methoxy groups -OCH3 is 1. The van der Waals surface area contributed by atoms with Crippen LogP contribution in [0.4, 0.5) is 4.39 Å². The average molecular weight is 361 g/mol. The lowest BCUT2D eigenvalue weighted by atomic mass is 10.1. The van der Waals surface area contributed by atoms with Crippen molar-refractivity contribution in [1.82, 2.24) is 5.32 Å². The van der Waals surface area contributed by atoms with Crippen LogP contribution in [0.5, 0.6) is 5.75 Å². The van der Waals surface area contributed by atoms with Crippen LogP contribution >= 0.6 is 11.8 Å². The number of amides is 1. The minimum Gasteiger partial charge on any atom is -0.497 e. The lowest BCUT2D eigenvalue weighted by Gasteiger charge is -2.07. The van der Waals surface area contributed by atoms with Gasteiger partial charge in [0.15, 0.2) is 5.78 Å². The van der Waals surface area contributed by atoms with Gasteiger partial charge < -0.3 is 10.1 Å². The molecule has 132 valence electrons. The molecule has 0 atom stereocenters. The number of ether oxygens (including phenoxy) is 1. The zero-order chi connectivity index (χ0) is 18.2. The fraction of sp³-hybridized carbons (Fsp3) is 0.263. The number of nitrogens with one attached hydrogen (secondary N) is 1. The van der Waals surface area contributed by atoms with Gasteiger partial charge in [-0.1, -0.05) is 18.2 Å². The summed E-state index contributed by atoms with van der Waals surface area (Å²) in [6, 6.07) is 11.9. The third-order valence-electron chi connectivity index (χ3n) is 3.59. The highest BCUT2D eigenvalue weighted by Crippen LogP contribution is 2.22. The van der Waals surface area contributed by atoms with Gasteiger partial charge in [0, 0.05) is 17.0 Å². The quantitative estimate of drug-likeness (QED) is 0.578. The molecule has 0 heterocycles. The van der Waals surface area contributed by atoms with Gasteiger partial charge in [-0.2, -0.15) is 0 Å². The Bertz CT molecular complexity index is 747. The molecule has 2 rings (SSSR count). The van der Waals surface area contributed by atoms with Crippen molar-refractivity contribution >= 4 is 23.5 Å². The van der Waals surface area contributed by atoms with Crippen LogP contribution in [0.1, 0.15) is 22.8 Å². The van der Waals surface area contributed by atoms with Gasteiger partial charge in [0.1, 0.15) is 11.6 Å². The molecule has 0 unspecified atom stereocenters. The van der Waals surface area contributed by atoms with E-state index in [4.69, 9.17) is 4.74 Å². The van der Waals surface area contributed by atoms with E-state index in [1.807, 2.05) is 24.3 Å². The van der Waals surface area contributed by atoms with Gasteiger partial charge in [-0.3, -0.25) is 9.59 Å². The Morgan fingerprint density at radius 2 is 1.88 bits per heavy atom. The van der Waals surface area contributed by atoms with Gasteiger partial charge in [-0.25, -0.2) is 4.39 Å². The lowest BCUT2D eigenvalue weighted by Crippen LogP contribution is -2.27. The number of Topliss-reactive ketones (excluding diaryl/α,β-unsaturated/α-hetero) is 1. The van der Waals surface area contributed by atoms with Crippen molar-refractivity contribution < 1.29 is 18.7 Å². The molecule has 2 aromatic rings. The smallest absolute Gasteiger partial charge is 0.230 e. The maximum absolute atomic E-state index is 13.9. The molecule has 2 aromatic carbocycles. The Kier molecular flexibility index (Phi) is 7.01. The van der Waals surface area contributed by atoms with Crippen molar-refractivity contribution in [3.8, 4) is 5.75 Å². The highest BCUT2D eigenvalue weighted by Gasteiger charge is 2.09. The van der Waals surface area contributed by atoms with Gasteiger partial charge in [-0.15, -0.1) is 11.8 Å². The van der Waals surface area contributed by atoms with Crippen LogP contribution in [0, 0.1) is 5.82 Å². The summed E-state index contributed by atoms with van der Waals surface area (Å²) in [6.07, 6.45) is 0.710. The molecule has 0 aromatic heterocycles. The molecule has 0 radical (unpaired) electrons. The summed E-state index contributed by atoms with van der Waals surface area (Å²) in [4.78, 5) is 23.4. The summed E-state index contributed by atoms with van der Waals surface area (Å²) < 4.78 is 19.0. The fourth-order valence-electron chi connectivity index (χ4n) is 2.17. The van der Waals surface area contributed by atoms with Crippen molar-refractivity contribution in [2.24, 2.45) is 0 Å². The zero-order valence-corrected chi connectivity index (χ0v) is 15.0. The van der Waals surface area contributed by atoms with E-state index in [2.05, 4.69) is 5.32 Å². The molecule has 0 saturated heterocycles. The summed E-state index contributed by atoms with van der Waals surface area (Å²) in [5.74, 6) is 0.0879. The van der Waals surface area contributed by atoms with Crippen molar-refractivity contribution in [3.05, 3.63) is 59.4 Å². The number of halogens is 1.